The van der Waals surface area contributed by atoms with Crippen LogP contribution < -0.4 is 5.32 Å². The third-order valence-electron chi connectivity index (χ3n) is 2.22. The van der Waals surface area contributed by atoms with Crippen LogP contribution >= 0.6 is 23.2 Å². The number of ether oxygens (including phenoxy) is 1. The lowest BCUT2D eigenvalue weighted by molar-refractivity contribution is -0.138. The number of halogens is 2. The second-order valence-electron chi connectivity index (χ2n) is 3.59. The highest BCUT2D eigenvalue weighted by Gasteiger charge is 2.14. The van der Waals surface area contributed by atoms with Crippen LogP contribution in [0.4, 0.5) is 5.69 Å². The van der Waals surface area contributed by atoms with E-state index < -0.39 is 5.97 Å². The molecule has 0 aliphatic heterocycles. The average Bonchev–Trinajstić information content (AvgIpc) is 2.35. The monoisotopic (exact) mass is 298 g/mol. The zero-order chi connectivity index (χ0) is 14.4. The van der Waals surface area contributed by atoms with E-state index in [1.165, 1.54) is 0 Å². The van der Waals surface area contributed by atoms with Gasteiger partial charge in [-0.05, 0) is 32.0 Å². The highest BCUT2D eigenvalue weighted by molar-refractivity contribution is 6.42. The molecule has 0 aliphatic carbocycles. The zero-order valence-electron chi connectivity index (χ0n) is 10.5. The Bertz CT molecular complexity index is 562. The fourth-order valence-electron chi connectivity index (χ4n) is 1.34. The molecule has 0 bridgehead atoms. The summed E-state index contributed by atoms with van der Waals surface area (Å²) >= 11 is 11.7. The Morgan fingerprint density at radius 2 is 2.11 bits per heavy atom. The third kappa shape index (κ3) is 4.16. The van der Waals surface area contributed by atoms with Crippen molar-refractivity contribution in [1.82, 2.24) is 0 Å². The summed E-state index contributed by atoms with van der Waals surface area (Å²) in [5.74, 6) is -0.657. The van der Waals surface area contributed by atoms with E-state index in [-0.39, 0.29) is 12.2 Å². The first-order valence-electron chi connectivity index (χ1n) is 5.49. The number of hydrogen-bond acceptors (Lipinski definition) is 4. The zero-order valence-corrected chi connectivity index (χ0v) is 12.0. The molecule has 6 heteroatoms. The summed E-state index contributed by atoms with van der Waals surface area (Å²) in [4.78, 5) is 11.5. The number of rotatable bonds is 4. The van der Waals surface area contributed by atoms with Crippen molar-refractivity contribution in [2.24, 2.45) is 0 Å². The minimum absolute atomic E-state index is 0.0760. The number of carbonyl (C=O) groups is 1. The molecule has 0 saturated carbocycles. The second kappa shape index (κ2) is 7.03. The Hall–Kier alpha value is -1.70. The van der Waals surface area contributed by atoms with E-state index in [4.69, 9.17) is 33.2 Å². The molecule has 4 nitrogen and oxygen atoms in total. The van der Waals surface area contributed by atoms with E-state index in [0.29, 0.717) is 21.4 Å². The number of esters is 1. The lowest BCUT2D eigenvalue weighted by atomic mass is 10.2. The van der Waals surface area contributed by atoms with Crippen molar-refractivity contribution >= 4 is 34.9 Å². The van der Waals surface area contributed by atoms with E-state index in [2.05, 4.69) is 5.32 Å². The first-order valence-corrected chi connectivity index (χ1v) is 6.25. The molecule has 1 N–H and O–H groups in total. The summed E-state index contributed by atoms with van der Waals surface area (Å²) < 4.78 is 4.79. The molecule has 0 spiro atoms. The Morgan fingerprint density at radius 3 is 2.63 bits per heavy atom. The number of carbonyl (C=O) groups excluding carboxylic acids is 1. The number of hydrogen-bond donors (Lipinski definition) is 1. The smallest absolute Gasteiger partial charge is 0.350 e. The van der Waals surface area contributed by atoms with Crippen LogP contribution in [-0.2, 0) is 9.53 Å². The van der Waals surface area contributed by atoms with Crippen molar-refractivity contribution in [3.8, 4) is 6.07 Å². The van der Waals surface area contributed by atoms with Crippen molar-refractivity contribution in [1.29, 1.82) is 5.26 Å². The third-order valence-corrected chi connectivity index (χ3v) is 2.96. The molecule has 0 aliphatic rings. The van der Waals surface area contributed by atoms with E-state index in [1.54, 1.807) is 32.0 Å². The highest BCUT2D eigenvalue weighted by Crippen LogP contribution is 2.26. The maximum Gasteiger partial charge on any atom is 0.350 e. The summed E-state index contributed by atoms with van der Waals surface area (Å²) in [7, 11) is 0. The molecule has 0 aromatic heterocycles. The number of nitriles is 1. The molecule has 1 aromatic rings. The van der Waals surface area contributed by atoms with Gasteiger partial charge >= 0.3 is 5.97 Å². The summed E-state index contributed by atoms with van der Waals surface area (Å²) in [6.45, 7) is 3.50. The lowest BCUT2D eigenvalue weighted by Gasteiger charge is -2.09. The van der Waals surface area contributed by atoms with Crippen LogP contribution in [-0.4, -0.2) is 12.6 Å². The van der Waals surface area contributed by atoms with Gasteiger partial charge in [0.05, 0.1) is 16.7 Å². The summed E-state index contributed by atoms with van der Waals surface area (Å²) in [6.07, 6.45) is 0. The largest absolute Gasteiger partial charge is 0.462 e. The molecule has 0 fully saturated rings. The van der Waals surface area contributed by atoms with Gasteiger partial charge in [0.1, 0.15) is 6.07 Å². The normalized spacial score (nSPS) is 11.3. The van der Waals surface area contributed by atoms with Crippen LogP contribution in [0.25, 0.3) is 0 Å². The SMILES string of the molecule is CCOC(=O)/C(C#N)=C(/C)Nc1ccc(Cl)c(Cl)c1. The molecular formula is C13H12Cl2N2O2. The molecule has 1 rings (SSSR count). The molecule has 0 atom stereocenters. The van der Waals surface area contributed by atoms with Crippen molar-refractivity contribution in [2.45, 2.75) is 13.8 Å². The van der Waals surface area contributed by atoms with Crippen LogP contribution in [0, 0.1) is 11.3 Å². The van der Waals surface area contributed by atoms with Gasteiger partial charge in [0.15, 0.2) is 5.57 Å². The summed E-state index contributed by atoms with van der Waals surface area (Å²) in [6, 6.07) is 6.73. The van der Waals surface area contributed by atoms with Crippen molar-refractivity contribution in [3.63, 3.8) is 0 Å². The van der Waals surface area contributed by atoms with Gasteiger partial charge in [0.25, 0.3) is 0 Å². The van der Waals surface area contributed by atoms with Gasteiger partial charge < -0.3 is 10.1 Å². The minimum Gasteiger partial charge on any atom is -0.462 e. The quantitative estimate of drug-likeness (QED) is 0.522. The number of benzene rings is 1. The second-order valence-corrected chi connectivity index (χ2v) is 4.40. The molecule has 0 radical (unpaired) electrons. The van der Waals surface area contributed by atoms with Gasteiger partial charge in [-0.3, -0.25) is 0 Å². The molecule has 0 heterocycles. The molecule has 0 unspecified atom stereocenters. The van der Waals surface area contributed by atoms with Crippen molar-refractivity contribution < 1.29 is 9.53 Å². The summed E-state index contributed by atoms with van der Waals surface area (Å²) in [5, 5.41) is 12.7. The maximum atomic E-state index is 11.5. The predicted molar refractivity (Wildman–Crippen MR) is 75.0 cm³/mol. The first-order chi connectivity index (χ1) is 8.99. The number of nitrogens with one attached hydrogen (secondary N) is 1. The topological polar surface area (TPSA) is 62.1 Å². The first kappa shape index (κ1) is 15.4. The lowest BCUT2D eigenvalue weighted by Crippen LogP contribution is -2.11. The summed E-state index contributed by atoms with van der Waals surface area (Å²) in [5.41, 5.74) is 0.941. The van der Waals surface area contributed by atoms with Gasteiger partial charge in [-0.15, -0.1) is 0 Å². The van der Waals surface area contributed by atoms with Gasteiger partial charge in [-0.25, -0.2) is 4.79 Å². The van der Waals surface area contributed by atoms with Crippen LogP contribution in [0.2, 0.25) is 10.0 Å². The minimum atomic E-state index is -0.657. The fraction of sp³-hybridized carbons (Fsp3) is 0.231. The Balaban J connectivity index is 2.98. The van der Waals surface area contributed by atoms with Gasteiger partial charge in [0.2, 0.25) is 0 Å². The fourth-order valence-corrected chi connectivity index (χ4v) is 1.64. The van der Waals surface area contributed by atoms with Crippen LogP contribution in [0.3, 0.4) is 0 Å². The molecular weight excluding hydrogens is 287 g/mol. The Labute approximate surface area is 121 Å². The molecule has 0 amide bonds. The number of allylic oxidation sites excluding steroid dienone is 1. The molecule has 0 saturated heterocycles. The van der Waals surface area contributed by atoms with Gasteiger partial charge in [-0.2, -0.15) is 5.26 Å². The van der Waals surface area contributed by atoms with Gasteiger partial charge in [-0.1, -0.05) is 23.2 Å². The highest BCUT2D eigenvalue weighted by atomic mass is 35.5. The Kier molecular flexibility index (Phi) is 5.68. The van der Waals surface area contributed by atoms with Crippen molar-refractivity contribution in [2.75, 3.05) is 11.9 Å². The number of nitrogens with zero attached hydrogens (tertiary/aromatic N) is 1. The number of anilines is 1. The molecule has 1 aromatic carbocycles. The van der Waals surface area contributed by atoms with E-state index in [9.17, 15) is 4.79 Å². The maximum absolute atomic E-state index is 11.5. The van der Waals surface area contributed by atoms with Crippen LogP contribution in [0.15, 0.2) is 29.5 Å². The van der Waals surface area contributed by atoms with Gasteiger partial charge in [0, 0.05) is 11.4 Å². The average molecular weight is 299 g/mol. The van der Waals surface area contributed by atoms with Crippen LogP contribution in [0.1, 0.15) is 13.8 Å². The molecule has 19 heavy (non-hydrogen) atoms. The van der Waals surface area contributed by atoms with E-state index >= 15 is 0 Å². The standard InChI is InChI=1S/C13H12Cl2N2O2/c1-3-19-13(18)10(7-16)8(2)17-9-4-5-11(14)12(15)6-9/h4-6,17H,3H2,1-2H3/b10-8-. The van der Waals surface area contributed by atoms with E-state index in [1.807, 2.05) is 6.07 Å². The van der Waals surface area contributed by atoms with E-state index in [0.717, 1.165) is 0 Å². The Morgan fingerprint density at radius 1 is 1.42 bits per heavy atom. The van der Waals surface area contributed by atoms with Crippen LogP contribution in [0.5, 0.6) is 0 Å². The predicted octanol–water partition coefficient (Wildman–Crippen LogP) is 3.77. The van der Waals surface area contributed by atoms with Crippen molar-refractivity contribution in [3.05, 3.63) is 39.5 Å². The molecule has 100 valence electrons.